The van der Waals surface area contributed by atoms with E-state index in [-0.39, 0.29) is 5.92 Å². The number of rotatable bonds is 3. The monoisotopic (exact) mass is 272 g/mol. The van der Waals surface area contributed by atoms with Gasteiger partial charge >= 0.3 is 0 Å². The summed E-state index contributed by atoms with van der Waals surface area (Å²) in [5, 5.41) is 3.33. The first-order valence-electron chi connectivity index (χ1n) is 7.86. The molecule has 1 N–H and O–H groups in total. The molecule has 0 bridgehead atoms. The van der Waals surface area contributed by atoms with Gasteiger partial charge in [0.25, 0.3) is 0 Å². The summed E-state index contributed by atoms with van der Waals surface area (Å²) in [5.74, 6) is 1.32. The Balaban J connectivity index is 1.52. The van der Waals surface area contributed by atoms with Crippen molar-refractivity contribution in [2.45, 2.75) is 25.7 Å². The van der Waals surface area contributed by atoms with Crippen molar-refractivity contribution >= 4 is 5.91 Å². The molecule has 1 aromatic carbocycles. The van der Waals surface area contributed by atoms with Crippen LogP contribution < -0.4 is 5.32 Å². The van der Waals surface area contributed by atoms with Gasteiger partial charge in [-0.3, -0.25) is 4.79 Å². The van der Waals surface area contributed by atoms with E-state index in [2.05, 4.69) is 40.5 Å². The van der Waals surface area contributed by atoms with E-state index in [1.165, 1.54) is 5.56 Å². The van der Waals surface area contributed by atoms with E-state index in [0.29, 0.717) is 11.8 Å². The molecule has 2 aliphatic rings. The molecule has 0 spiro atoms. The average molecular weight is 272 g/mol. The standard InChI is InChI=1S/C17H24N2O/c20-17(16-6-9-18-10-7-16)19-11-8-15(13-19)12-14-4-2-1-3-5-14/h1-5,15-16,18H,6-13H2. The number of carbonyl (C=O) groups is 1. The topological polar surface area (TPSA) is 32.3 Å². The zero-order valence-corrected chi connectivity index (χ0v) is 12.1. The zero-order chi connectivity index (χ0) is 13.8. The third-order valence-electron chi connectivity index (χ3n) is 4.65. The summed E-state index contributed by atoms with van der Waals surface area (Å²) in [6, 6.07) is 10.6. The fourth-order valence-corrected chi connectivity index (χ4v) is 3.47. The van der Waals surface area contributed by atoms with Crippen LogP contribution in [-0.4, -0.2) is 37.0 Å². The van der Waals surface area contributed by atoms with Gasteiger partial charge in [0.15, 0.2) is 0 Å². The molecule has 3 nitrogen and oxygen atoms in total. The van der Waals surface area contributed by atoms with Crippen molar-refractivity contribution < 1.29 is 4.79 Å². The maximum atomic E-state index is 12.5. The molecule has 2 fully saturated rings. The highest BCUT2D eigenvalue weighted by atomic mass is 16.2. The van der Waals surface area contributed by atoms with E-state index in [1.807, 2.05) is 0 Å². The molecule has 1 atom stereocenters. The summed E-state index contributed by atoms with van der Waals surface area (Å²) in [4.78, 5) is 14.6. The highest BCUT2D eigenvalue weighted by Crippen LogP contribution is 2.24. The molecule has 1 unspecified atom stereocenters. The lowest BCUT2D eigenvalue weighted by atomic mass is 9.96. The lowest BCUT2D eigenvalue weighted by Gasteiger charge is -2.26. The molecular formula is C17H24N2O. The Morgan fingerprint density at radius 1 is 1.15 bits per heavy atom. The smallest absolute Gasteiger partial charge is 0.225 e. The number of amides is 1. The predicted molar refractivity (Wildman–Crippen MR) is 80.4 cm³/mol. The molecule has 0 saturated carbocycles. The van der Waals surface area contributed by atoms with Crippen LogP contribution in [0.2, 0.25) is 0 Å². The van der Waals surface area contributed by atoms with Crippen LogP contribution >= 0.6 is 0 Å². The second kappa shape index (κ2) is 6.40. The largest absolute Gasteiger partial charge is 0.342 e. The number of benzene rings is 1. The van der Waals surface area contributed by atoms with E-state index < -0.39 is 0 Å². The summed E-state index contributed by atoms with van der Waals surface area (Å²) in [7, 11) is 0. The normalized spacial score (nSPS) is 24.0. The van der Waals surface area contributed by atoms with Gasteiger partial charge in [-0.1, -0.05) is 30.3 Å². The lowest BCUT2D eigenvalue weighted by Crippen LogP contribution is -2.40. The minimum absolute atomic E-state index is 0.270. The highest BCUT2D eigenvalue weighted by Gasteiger charge is 2.31. The summed E-state index contributed by atoms with van der Waals surface area (Å²) in [6.07, 6.45) is 4.29. The number of piperidine rings is 1. The van der Waals surface area contributed by atoms with Crippen LogP contribution in [0.5, 0.6) is 0 Å². The Hall–Kier alpha value is -1.35. The molecule has 2 aliphatic heterocycles. The maximum absolute atomic E-state index is 12.5. The quantitative estimate of drug-likeness (QED) is 0.913. The third kappa shape index (κ3) is 3.21. The van der Waals surface area contributed by atoms with Gasteiger partial charge in [-0.15, -0.1) is 0 Å². The third-order valence-corrected chi connectivity index (χ3v) is 4.65. The second-order valence-corrected chi connectivity index (χ2v) is 6.15. The van der Waals surface area contributed by atoms with Crippen LogP contribution in [0.15, 0.2) is 30.3 Å². The van der Waals surface area contributed by atoms with Crippen molar-refractivity contribution in [3.63, 3.8) is 0 Å². The molecule has 2 saturated heterocycles. The van der Waals surface area contributed by atoms with Gasteiger partial charge in [0.1, 0.15) is 0 Å². The van der Waals surface area contributed by atoms with Gasteiger partial charge in [0, 0.05) is 19.0 Å². The van der Waals surface area contributed by atoms with Crippen LogP contribution in [0.1, 0.15) is 24.8 Å². The number of likely N-dealkylation sites (tertiary alicyclic amines) is 1. The van der Waals surface area contributed by atoms with E-state index in [9.17, 15) is 4.79 Å². The van der Waals surface area contributed by atoms with E-state index in [0.717, 1.165) is 51.9 Å². The molecule has 1 amide bonds. The minimum Gasteiger partial charge on any atom is -0.342 e. The molecule has 1 aromatic rings. The van der Waals surface area contributed by atoms with Crippen LogP contribution in [0.4, 0.5) is 0 Å². The van der Waals surface area contributed by atoms with Crippen molar-refractivity contribution in [2.75, 3.05) is 26.2 Å². The van der Waals surface area contributed by atoms with Gasteiger partial charge < -0.3 is 10.2 Å². The van der Waals surface area contributed by atoms with Crippen molar-refractivity contribution in [2.24, 2.45) is 11.8 Å². The van der Waals surface area contributed by atoms with Crippen LogP contribution in [0.3, 0.4) is 0 Å². The van der Waals surface area contributed by atoms with Crippen molar-refractivity contribution in [1.29, 1.82) is 0 Å². The van der Waals surface area contributed by atoms with Crippen LogP contribution in [0.25, 0.3) is 0 Å². The van der Waals surface area contributed by atoms with Crippen molar-refractivity contribution in [3.8, 4) is 0 Å². The first kappa shape index (κ1) is 13.6. The first-order valence-corrected chi connectivity index (χ1v) is 7.86. The molecule has 0 aromatic heterocycles. The summed E-state index contributed by atoms with van der Waals surface area (Å²) in [5.41, 5.74) is 1.40. The van der Waals surface area contributed by atoms with Crippen LogP contribution in [0, 0.1) is 11.8 Å². The number of hydrogen-bond donors (Lipinski definition) is 1. The fraction of sp³-hybridized carbons (Fsp3) is 0.588. The van der Waals surface area contributed by atoms with Gasteiger partial charge in [0.2, 0.25) is 5.91 Å². The highest BCUT2D eigenvalue weighted by molar-refractivity contribution is 5.79. The Morgan fingerprint density at radius 3 is 2.65 bits per heavy atom. The second-order valence-electron chi connectivity index (χ2n) is 6.15. The predicted octanol–water partition coefficient (Wildman–Crippen LogP) is 2.08. The van der Waals surface area contributed by atoms with Gasteiger partial charge in [-0.05, 0) is 50.3 Å². The van der Waals surface area contributed by atoms with Crippen molar-refractivity contribution in [3.05, 3.63) is 35.9 Å². The lowest BCUT2D eigenvalue weighted by molar-refractivity contribution is -0.135. The number of nitrogens with zero attached hydrogens (tertiary/aromatic N) is 1. The SMILES string of the molecule is O=C(C1CCNCC1)N1CCC(Cc2ccccc2)C1. The Kier molecular flexibility index (Phi) is 4.36. The van der Waals surface area contributed by atoms with E-state index in [1.54, 1.807) is 0 Å². The van der Waals surface area contributed by atoms with Gasteiger partial charge in [0.05, 0.1) is 0 Å². The zero-order valence-electron chi connectivity index (χ0n) is 12.1. The Morgan fingerprint density at radius 2 is 1.90 bits per heavy atom. The number of hydrogen-bond acceptors (Lipinski definition) is 2. The summed E-state index contributed by atoms with van der Waals surface area (Å²) < 4.78 is 0. The van der Waals surface area contributed by atoms with Gasteiger partial charge in [-0.2, -0.15) is 0 Å². The first-order chi connectivity index (χ1) is 9.83. The van der Waals surface area contributed by atoms with E-state index in [4.69, 9.17) is 0 Å². The summed E-state index contributed by atoms with van der Waals surface area (Å²) >= 11 is 0. The molecule has 0 radical (unpaired) electrons. The number of carbonyl (C=O) groups excluding carboxylic acids is 1. The number of nitrogens with one attached hydrogen (secondary N) is 1. The van der Waals surface area contributed by atoms with Crippen molar-refractivity contribution in [1.82, 2.24) is 10.2 Å². The van der Waals surface area contributed by atoms with E-state index >= 15 is 0 Å². The molecule has 20 heavy (non-hydrogen) atoms. The fourth-order valence-electron chi connectivity index (χ4n) is 3.47. The molecule has 0 aliphatic carbocycles. The van der Waals surface area contributed by atoms with Crippen LogP contribution in [-0.2, 0) is 11.2 Å². The maximum Gasteiger partial charge on any atom is 0.225 e. The molecular weight excluding hydrogens is 248 g/mol. The molecule has 2 heterocycles. The Bertz CT molecular complexity index is 440. The average Bonchev–Trinajstić information content (AvgIpc) is 2.97. The molecule has 108 valence electrons. The molecule has 3 heteroatoms. The minimum atomic E-state index is 0.270. The Labute approximate surface area is 121 Å². The molecule has 3 rings (SSSR count). The van der Waals surface area contributed by atoms with Gasteiger partial charge in [-0.25, -0.2) is 0 Å². The summed E-state index contributed by atoms with van der Waals surface area (Å²) in [6.45, 7) is 3.91.